The molecule has 12 heteroatoms. The average molecular weight is 431 g/mol. The molecule has 158 valence electrons. The van der Waals surface area contributed by atoms with Gasteiger partial charge in [0.25, 0.3) is 0 Å². The molecule has 0 aliphatic rings. The number of thioether (sulfide) groups is 1. The highest BCUT2D eigenvalue weighted by atomic mass is 32.2. The third-order valence-corrected chi connectivity index (χ3v) is 5.10. The molecule has 0 bridgehead atoms. The third kappa shape index (κ3) is 4.43. The van der Waals surface area contributed by atoms with Gasteiger partial charge in [0, 0.05) is 0 Å². The number of ether oxygens (including phenoxy) is 1. The molecule has 0 aliphatic heterocycles. The molecule has 0 atom stereocenters. The van der Waals surface area contributed by atoms with Crippen molar-refractivity contribution in [3.8, 4) is 11.5 Å². The van der Waals surface area contributed by atoms with Crippen LogP contribution in [0, 0.1) is 30.9 Å². The Hall–Kier alpha value is -3.41. The maximum absolute atomic E-state index is 11.2. The van der Waals surface area contributed by atoms with E-state index in [-0.39, 0.29) is 11.4 Å². The van der Waals surface area contributed by atoms with Crippen molar-refractivity contribution in [2.24, 2.45) is 5.10 Å². The van der Waals surface area contributed by atoms with Crippen LogP contribution in [-0.2, 0) is 5.88 Å². The minimum atomic E-state index is -0.427. The standard InChI is InChI=1S/C18H21N7O4S/c1-5-29-16-8-14(6-7-15(16)26)9-19-24-13(4)20-21-18(24)30-10-23-12(3)17(25(27)28)11(2)22-23/h6-9,26H,5,10H2,1-4H3/b19-9-. The molecule has 1 N–H and O–H groups in total. The van der Waals surface area contributed by atoms with Crippen LogP contribution in [0.3, 0.4) is 0 Å². The van der Waals surface area contributed by atoms with Crippen LogP contribution in [-0.4, -0.2) is 47.5 Å². The second-order valence-electron chi connectivity index (χ2n) is 6.30. The quantitative estimate of drug-likeness (QED) is 0.249. The van der Waals surface area contributed by atoms with Gasteiger partial charge in [0.1, 0.15) is 11.4 Å². The number of hydrogen-bond acceptors (Lipinski definition) is 9. The van der Waals surface area contributed by atoms with E-state index in [1.54, 1.807) is 48.5 Å². The zero-order valence-corrected chi connectivity index (χ0v) is 17.8. The van der Waals surface area contributed by atoms with E-state index in [4.69, 9.17) is 4.74 Å². The van der Waals surface area contributed by atoms with Crippen molar-refractivity contribution >= 4 is 23.7 Å². The SMILES string of the molecule is CCOc1cc(/C=N\n2c(C)nnc2SCn2nc(C)c([N+](=O)[O-])c2C)ccc1O. The van der Waals surface area contributed by atoms with Crippen LogP contribution in [0.5, 0.6) is 11.5 Å². The fourth-order valence-corrected chi connectivity index (χ4v) is 3.65. The molecule has 0 aliphatic carbocycles. The van der Waals surface area contributed by atoms with Crippen molar-refractivity contribution in [1.82, 2.24) is 24.7 Å². The van der Waals surface area contributed by atoms with E-state index in [0.717, 1.165) is 5.56 Å². The fourth-order valence-electron chi connectivity index (χ4n) is 2.76. The maximum atomic E-state index is 11.2. The summed E-state index contributed by atoms with van der Waals surface area (Å²) in [6.45, 7) is 7.31. The highest BCUT2D eigenvalue weighted by Gasteiger charge is 2.22. The molecule has 3 rings (SSSR count). The second kappa shape index (κ2) is 8.95. The van der Waals surface area contributed by atoms with Crippen molar-refractivity contribution in [3.63, 3.8) is 0 Å². The van der Waals surface area contributed by atoms with E-state index < -0.39 is 4.92 Å². The van der Waals surface area contributed by atoms with Gasteiger partial charge in [0.2, 0.25) is 5.16 Å². The van der Waals surface area contributed by atoms with Gasteiger partial charge in [-0.25, -0.2) is 0 Å². The molecular formula is C18H21N7O4S. The first-order valence-electron chi connectivity index (χ1n) is 9.05. The molecule has 2 aromatic heterocycles. The first-order chi connectivity index (χ1) is 14.3. The number of nitro groups is 1. The molecule has 2 heterocycles. The molecule has 0 radical (unpaired) electrons. The molecular weight excluding hydrogens is 410 g/mol. The van der Waals surface area contributed by atoms with Gasteiger partial charge in [-0.1, -0.05) is 11.8 Å². The highest BCUT2D eigenvalue weighted by Crippen LogP contribution is 2.27. The van der Waals surface area contributed by atoms with E-state index in [0.29, 0.717) is 40.6 Å². The number of aryl methyl sites for hydroxylation is 2. The molecule has 30 heavy (non-hydrogen) atoms. The van der Waals surface area contributed by atoms with Gasteiger partial charge in [-0.15, -0.1) is 10.2 Å². The second-order valence-corrected chi connectivity index (χ2v) is 7.21. The number of phenolic OH excluding ortho intramolecular Hbond substituents is 1. The number of phenols is 1. The molecule has 0 saturated heterocycles. The lowest BCUT2D eigenvalue weighted by molar-refractivity contribution is -0.386. The van der Waals surface area contributed by atoms with Gasteiger partial charge in [0.15, 0.2) is 17.3 Å². The van der Waals surface area contributed by atoms with E-state index >= 15 is 0 Å². The monoisotopic (exact) mass is 431 g/mol. The number of nitrogens with zero attached hydrogens (tertiary/aromatic N) is 7. The zero-order chi connectivity index (χ0) is 21.8. The largest absolute Gasteiger partial charge is 0.504 e. The van der Waals surface area contributed by atoms with Crippen molar-refractivity contribution < 1.29 is 14.8 Å². The van der Waals surface area contributed by atoms with Crippen molar-refractivity contribution in [2.45, 2.75) is 38.7 Å². The van der Waals surface area contributed by atoms with Gasteiger partial charge in [-0.3, -0.25) is 14.8 Å². The Morgan fingerprint density at radius 2 is 2.10 bits per heavy atom. The molecule has 0 spiro atoms. The van der Waals surface area contributed by atoms with Crippen LogP contribution < -0.4 is 4.74 Å². The zero-order valence-electron chi connectivity index (χ0n) is 16.9. The number of aromatic nitrogens is 5. The summed E-state index contributed by atoms with van der Waals surface area (Å²) in [6, 6.07) is 4.93. The molecule has 3 aromatic rings. The summed E-state index contributed by atoms with van der Waals surface area (Å²) in [6.07, 6.45) is 1.61. The number of hydrogen-bond donors (Lipinski definition) is 1. The Morgan fingerprint density at radius 1 is 1.33 bits per heavy atom. The van der Waals surface area contributed by atoms with Crippen LogP contribution in [0.1, 0.15) is 29.7 Å². The summed E-state index contributed by atoms with van der Waals surface area (Å²) in [5.74, 6) is 1.34. The van der Waals surface area contributed by atoms with Crippen molar-refractivity contribution in [1.29, 1.82) is 0 Å². The molecule has 0 saturated carbocycles. The predicted octanol–water partition coefficient (Wildman–Crippen LogP) is 3.04. The van der Waals surface area contributed by atoms with Crippen LogP contribution in [0.2, 0.25) is 0 Å². The first-order valence-corrected chi connectivity index (χ1v) is 10.0. The minimum Gasteiger partial charge on any atom is -0.504 e. The molecule has 11 nitrogen and oxygen atoms in total. The summed E-state index contributed by atoms with van der Waals surface area (Å²) in [5.41, 5.74) is 1.59. The summed E-state index contributed by atoms with van der Waals surface area (Å²) in [7, 11) is 0. The summed E-state index contributed by atoms with van der Waals surface area (Å²) in [4.78, 5) is 10.7. The van der Waals surface area contributed by atoms with Gasteiger partial charge < -0.3 is 9.84 Å². The van der Waals surface area contributed by atoms with E-state index in [9.17, 15) is 15.2 Å². The normalized spacial score (nSPS) is 11.3. The number of benzene rings is 1. The Bertz CT molecular complexity index is 1110. The van der Waals surface area contributed by atoms with E-state index in [1.807, 2.05) is 6.92 Å². The lowest BCUT2D eigenvalue weighted by Gasteiger charge is -2.06. The molecule has 0 amide bonds. The fraction of sp³-hybridized carbons (Fsp3) is 0.333. The molecule has 1 aromatic carbocycles. The Morgan fingerprint density at radius 3 is 2.77 bits per heavy atom. The Kier molecular flexibility index (Phi) is 6.35. The van der Waals surface area contributed by atoms with Crippen molar-refractivity contribution in [2.75, 3.05) is 6.61 Å². The van der Waals surface area contributed by atoms with Gasteiger partial charge in [0.05, 0.1) is 23.6 Å². The van der Waals surface area contributed by atoms with Crippen LogP contribution in [0.25, 0.3) is 0 Å². The maximum Gasteiger partial charge on any atom is 0.312 e. The van der Waals surface area contributed by atoms with E-state index in [1.165, 1.54) is 17.8 Å². The van der Waals surface area contributed by atoms with Crippen LogP contribution in [0.4, 0.5) is 5.69 Å². The topological polar surface area (TPSA) is 133 Å². The van der Waals surface area contributed by atoms with E-state index in [2.05, 4.69) is 20.4 Å². The molecule has 0 unspecified atom stereocenters. The van der Waals surface area contributed by atoms with Crippen LogP contribution >= 0.6 is 11.8 Å². The lowest BCUT2D eigenvalue weighted by Crippen LogP contribution is -2.02. The number of aromatic hydroxyl groups is 1. The molecule has 0 fully saturated rings. The summed E-state index contributed by atoms with van der Waals surface area (Å²) >= 11 is 1.31. The third-order valence-electron chi connectivity index (χ3n) is 4.22. The highest BCUT2D eigenvalue weighted by molar-refractivity contribution is 7.98. The lowest BCUT2D eigenvalue weighted by atomic mass is 10.2. The van der Waals surface area contributed by atoms with Gasteiger partial charge >= 0.3 is 5.69 Å². The minimum absolute atomic E-state index is 0.0173. The van der Waals surface area contributed by atoms with Crippen LogP contribution in [0.15, 0.2) is 28.5 Å². The summed E-state index contributed by atoms with van der Waals surface area (Å²) < 4.78 is 8.51. The van der Waals surface area contributed by atoms with Gasteiger partial charge in [-0.2, -0.15) is 14.9 Å². The Labute approximate surface area is 176 Å². The predicted molar refractivity (Wildman–Crippen MR) is 111 cm³/mol. The van der Waals surface area contributed by atoms with Gasteiger partial charge in [-0.05, 0) is 51.5 Å². The number of rotatable bonds is 8. The summed E-state index contributed by atoms with van der Waals surface area (Å²) in [5, 5.41) is 38.3. The first kappa shape index (κ1) is 21.3. The van der Waals surface area contributed by atoms with Crippen molar-refractivity contribution in [3.05, 3.63) is 51.1 Å². The smallest absolute Gasteiger partial charge is 0.312 e. The average Bonchev–Trinajstić information content (AvgIpc) is 3.19. The Balaban J connectivity index is 1.79.